The van der Waals surface area contributed by atoms with Crippen LogP contribution in [0.25, 0.3) is 16.9 Å². The number of pyridine rings is 1. The fourth-order valence-electron chi connectivity index (χ4n) is 3.42. The topological polar surface area (TPSA) is 110 Å². The molecule has 3 N–H and O–H groups in total. The molecule has 0 saturated heterocycles. The van der Waals surface area contributed by atoms with Crippen molar-refractivity contribution in [3.63, 3.8) is 0 Å². The third kappa shape index (κ3) is 6.51. The molecule has 0 spiro atoms. The summed E-state index contributed by atoms with van der Waals surface area (Å²) >= 11 is 6.15. The lowest BCUT2D eigenvalue weighted by molar-refractivity contribution is 0.0526. The van der Waals surface area contributed by atoms with Gasteiger partial charge >= 0.3 is 6.09 Å². The summed E-state index contributed by atoms with van der Waals surface area (Å²) in [6.07, 6.45) is -0.521. The lowest BCUT2D eigenvalue weighted by Crippen LogP contribution is -2.37. The molecule has 0 saturated carbocycles. The van der Waals surface area contributed by atoms with E-state index in [0.717, 1.165) is 16.9 Å². The van der Waals surface area contributed by atoms with E-state index in [4.69, 9.17) is 16.3 Å². The number of carbonyl (C=O) groups excluding carboxylic acids is 2. The maximum atomic E-state index is 12.4. The van der Waals surface area contributed by atoms with E-state index in [1.807, 2.05) is 42.5 Å². The van der Waals surface area contributed by atoms with Gasteiger partial charge < -0.3 is 20.7 Å². The lowest BCUT2D eigenvalue weighted by atomic mass is 10.1. The number of hydrogen-bond donors (Lipinski definition) is 3. The van der Waals surface area contributed by atoms with Crippen LogP contribution < -0.4 is 16.0 Å². The maximum Gasteiger partial charge on any atom is 0.407 e. The highest BCUT2D eigenvalue weighted by Gasteiger charge is 2.15. The molecule has 2 heterocycles. The Morgan fingerprint density at radius 1 is 0.972 bits per heavy atom. The molecule has 0 fully saturated rings. The predicted octanol–water partition coefficient (Wildman–Crippen LogP) is 5.05. The largest absolute Gasteiger partial charge is 0.444 e. The summed E-state index contributed by atoms with van der Waals surface area (Å²) in [5.74, 6) is 0.180. The minimum atomic E-state index is -0.569. The summed E-state index contributed by atoms with van der Waals surface area (Å²) in [7, 11) is 0. The molecule has 0 aliphatic rings. The van der Waals surface area contributed by atoms with Crippen molar-refractivity contribution < 1.29 is 14.3 Å². The first-order valence-corrected chi connectivity index (χ1v) is 11.8. The van der Waals surface area contributed by atoms with E-state index in [-0.39, 0.29) is 19.0 Å². The molecule has 0 aliphatic heterocycles. The van der Waals surface area contributed by atoms with Crippen LogP contribution in [-0.2, 0) is 4.74 Å². The summed E-state index contributed by atoms with van der Waals surface area (Å²) in [5.41, 5.74) is 3.14. The average Bonchev–Trinajstić information content (AvgIpc) is 3.23. The fraction of sp³-hybridized carbons (Fsp3) is 0.231. The molecular formula is C26H27ClN6O3. The van der Waals surface area contributed by atoms with Gasteiger partial charge in [0.05, 0.1) is 5.69 Å². The minimum absolute atomic E-state index is 0.246. The first kappa shape index (κ1) is 25.0. The van der Waals surface area contributed by atoms with Crippen molar-refractivity contribution in [3.05, 3.63) is 77.3 Å². The van der Waals surface area contributed by atoms with Crippen molar-refractivity contribution in [1.82, 2.24) is 25.2 Å². The third-order valence-electron chi connectivity index (χ3n) is 4.96. The number of alkyl carbamates (subject to hydrolysis) is 1. The highest BCUT2D eigenvalue weighted by Crippen LogP contribution is 2.24. The third-order valence-corrected chi connectivity index (χ3v) is 5.20. The first-order valence-electron chi connectivity index (χ1n) is 11.4. The fourth-order valence-corrected chi connectivity index (χ4v) is 3.61. The van der Waals surface area contributed by atoms with Crippen molar-refractivity contribution >= 4 is 40.9 Å². The SMILES string of the molecule is CC(C)(C)OC(=O)NCCNC(=O)c1ccc(Nc2nc3cccc(-c4cccc(Cl)c4)n3n2)cc1. The van der Waals surface area contributed by atoms with E-state index in [9.17, 15) is 9.59 Å². The monoisotopic (exact) mass is 506 g/mol. The molecule has 2 amide bonds. The quantitative estimate of drug-likeness (QED) is 0.303. The number of aromatic nitrogens is 3. The van der Waals surface area contributed by atoms with Crippen molar-refractivity contribution in [2.24, 2.45) is 0 Å². The number of hydrogen-bond acceptors (Lipinski definition) is 6. The Labute approximate surface area is 213 Å². The molecule has 186 valence electrons. The van der Waals surface area contributed by atoms with Crippen molar-refractivity contribution in [1.29, 1.82) is 0 Å². The molecule has 0 atom stereocenters. The molecule has 9 nitrogen and oxygen atoms in total. The van der Waals surface area contributed by atoms with Gasteiger partial charge in [-0.1, -0.05) is 29.8 Å². The Balaban J connectivity index is 1.35. The van der Waals surface area contributed by atoms with Crippen LogP contribution in [-0.4, -0.2) is 45.3 Å². The summed E-state index contributed by atoms with van der Waals surface area (Å²) in [5, 5.41) is 13.8. The van der Waals surface area contributed by atoms with Gasteiger partial charge in [0, 0.05) is 34.9 Å². The number of ether oxygens (including phenoxy) is 1. The smallest absolute Gasteiger partial charge is 0.407 e. The Bertz CT molecular complexity index is 1380. The maximum absolute atomic E-state index is 12.4. The number of nitrogens with zero attached hydrogens (tertiary/aromatic N) is 3. The van der Waals surface area contributed by atoms with E-state index in [2.05, 4.69) is 26.0 Å². The minimum Gasteiger partial charge on any atom is -0.444 e. The van der Waals surface area contributed by atoms with Gasteiger partial charge in [0.25, 0.3) is 5.91 Å². The Morgan fingerprint density at radius 2 is 1.69 bits per heavy atom. The number of anilines is 2. The second-order valence-corrected chi connectivity index (χ2v) is 9.45. The van der Waals surface area contributed by atoms with Gasteiger partial charge in [-0.05, 0) is 69.3 Å². The lowest BCUT2D eigenvalue weighted by Gasteiger charge is -2.19. The standard InChI is InChI=1S/C26H27ClN6O3/c1-26(2,3)36-25(35)29-15-14-28-23(34)17-10-12-20(13-11-17)30-24-31-22-9-5-8-21(33(22)32-24)18-6-4-7-19(27)16-18/h4-13,16H,14-15H2,1-3H3,(H,28,34)(H,29,35)(H,30,32). The van der Waals surface area contributed by atoms with Gasteiger partial charge in [-0.15, -0.1) is 5.10 Å². The molecule has 0 bridgehead atoms. The number of amides is 2. The zero-order valence-corrected chi connectivity index (χ0v) is 21.0. The van der Waals surface area contributed by atoms with E-state index in [1.165, 1.54) is 0 Å². The van der Waals surface area contributed by atoms with Gasteiger partial charge in [0.15, 0.2) is 5.65 Å². The zero-order valence-electron chi connectivity index (χ0n) is 20.2. The van der Waals surface area contributed by atoms with Gasteiger partial charge in [-0.2, -0.15) is 4.98 Å². The van der Waals surface area contributed by atoms with Crippen LogP contribution in [0.4, 0.5) is 16.4 Å². The molecule has 10 heteroatoms. The van der Waals surface area contributed by atoms with Crippen LogP contribution in [0.15, 0.2) is 66.7 Å². The number of rotatable bonds is 7. The summed E-state index contributed by atoms with van der Waals surface area (Å²) < 4.78 is 6.91. The van der Waals surface area contributed by atoms with Crippen LogP contribution in [0, 0.1) is 0 Å². The second kappa shape index (κ2) is 10.7. The van der Waals surface area contributed by atoms with Gasteiger partial charge in [-0.25, -0.2) is 9.31 Å². The Hall–Kier alpha value is -4.11. The van der Waals surface area contributed by atoms with Crippen molar-refractivity contribution in [3.8, 4) is 11.3 Å². The van der Waals surface area contributed by atoms with Crippen molar-refractivity contribution in [2.75, 3.05) is 18.4 Å². The van der Waals surface area contributed by atoms with Gasteiger partial charge in [0.2, 0.25) is 5.95 Å². The molecule has 4 aromatic rings. The first-order chi connectivity index (χ1) is 17.2. The van der Waals surface area contributed by atoms with Gasteiger partial charge in [-0.3, -0.25) is 4.79 Å². The number of carbonyl (C=O) groups is 2. The zero-order chi connectivity index (χ0) is 25.7. The van der Waals surface area contributed by atoms with Crippen molar-refractivity contribution in [2.45, 2.75) is 26.4 Å². The predicted molar refractivity (Wildman–Crippen MR) is 140 cm³/mol. The van der Waals surface area contributed by atoms with E-state index < -0.39 is 11.7 Å². The summed E-state index contributed by atoms with van der Waals surface area (Å²) in [6.45, 7) is 5.90. The molecule has 0 unspecified atom stereocenters. The van der Waals surface area contributed by atoms with Crippen LogP contribution in [0.5, 0.6) is 0 Å². The number of benzene rings is 2. The highest BCUT2D eigenvalue weighted by atomic mass is 35.5. The number of fused-ring (bicyclic) bond motifs is 1. The molecule has 4 rings (SSSR count). The average molecular weight is 507 g/mol. The number of nitrogens with one attached hydrogen (secondary N) is 3. The summed E-state index contributed by atoms with van der Waals surface area (Å²) in [6, 6.07) is 20.3. The van der Waals surface area contributed by atoms with Crippen LogP contribution in [0.1, 0.15) is 31.1 Å². The highest BCUT2D eigenvalue weighted by molar-refractivity contribution is 6.30. The van der Waals surface area contributed by atoms with Crippen LogP contribution >= 0.6 is 11.6 Å². The Morgan fingerprint density at radius 3 is 2.42 bits per heavy atom. The van der Waals surface area contributed by atoms with E-state index in [1.54, 1.807) is 49.6 Å². The number of halogens is 1. The second-order valence-electron chi connectivity index (χ2n) is 9.01. The molecule has 2 aromatic carbocycles. The van der Waals surface area contributed by atoms with Gasteiger partial charge in [0.1, 0.15) is 5.60 Å². The van der Waals surface area contributed by atoms with E-state index >= 15 is 0 Å². The van der Waals surface area contributed by atoms with Crippen LogP contribution in [0.3, 0.4) is 0 Å². The Kier molecular flexibility index (Phi) is 7.40. The molecule has 36 heavy (non-hydrogen) atoms. The summed E-state index contributed by atoms with van der Waals surface area (Å²) in [4.78, 5) is 28.6. The normalized spacial score (nSPS) is 11.2. The van der Waals surface area contributed by atoms with E-state index in [0.29, 0.717) is 22.2 Å². The molecule has 0 aliphatic carbocycles. The van der Waals surface area contributed by atoms with Crippen LogP contribution in [0.2, 0.25) is 5.02 Å². The molecule has 0 radical (unpaired) electrons. The molecular weight excluding hydrogens is 480 g/mol. The molecule has 2 aromatic heterocycles.